The predicted octanol–water partition coefficient (Wildman–Crippen LogP) is 1.78. The highest BCUT2D eigenvalue weighted by atomic mass is 19.1. The lowest BCUT2D eigenvalue weighted by Crippen LogP contribution is -2.50. The van der Waals surface area contributed by atoms with Crippen molar-refractivity contribution in [1.29, 1.82) is 0 Å². The largest absolute Gasteiger partial charge is 0.368 e. The summed E-state index contributed by atoms with van der Waals surface area (Å²) in [4.78, 5) is 15.4. The van der Waals surface area contributed by atoms with Gasteiger partial charge >= 0.3 is 0 Å². The van der Waals surface area contributed by atoms with Crippen LogP contribution in [0.4, 0.5) is 10.1 Å². The molecule has 0 amide bonds. The molecule has 0 radical (unpaired) electrons. The van der Waals surface area contributed by atoms with Gasteiger partial charge in [-0.25, -0.2) is 4.39 Å². The Morgan fingerprint density at radius 3 is 2.82 bits per heavy atom. The number of carbonyl (C=O) groups is 1. The average Bonchev–Trinajstić information content (AvgIpc) is 2.32. The Morgan fingerprint density at radius 2 is 2.18 bits per heavy atom. The molecule has 1 fully saturated rings. The number of halogens is 1. The molecule has 1 aromatic rings. The number of nitrogens with zero attached hydrogens (tertiary/aromatic N) is 2. The van der Waals surface area contributed by atoms with Gasteiger partial charge in [0.25, 0.3) is 0 Å². The second kappa shape index (κ2) is 4.84. The van der Waals surface area contributed by atoms with Crippen LogP contribution in [0.1, 0.15) is 17.3 Å². The highest BCUT2D eigenvalue weighted by Crippen LogP contribution is 2.22. The third-order valence-electron chi connectivity index (χ3n) is 3.42. The first-order chi connectivity index (χ1) is 8.11. The van der Waals surface area contributed by atoms with Crippen LogP contribution in [0.25, 0.3) is 0 Å². The third-order valence-corrected chi connectivity index (χ3v) is 3.42. The Hall–Kier alpha value is -1.42. The van der Waals surface area contributed by atoms with Crippen LogP contribution in [-0.4, -0.2) is 43.9 Å². The maximum Gasteiger partial charge on any atom is 0.152 e. The number of hydrogen-bond acceptors (Lipinski definition) is 3. The molecule has 0 bridgehead atoms. The summed E-state index contributed by atoms with van der Waals surface area (Å²) < 4.78 is 13.1. The maximum atomic E-state index is 13.1. The number of aldehydes is 1. The van der Waals surface area contributed by atoms with Crippen LogP contribution >= 0.6 is 0 Å². The van der Waals surface area contributed by atoms with Gasteiger partial charge in [-0.1, -0.05) is 0 Å². The number of anilines is 1. The van der Waals surface area contributed by atoms with Crippen LogP contribution in [-0.2, 0) is 0 Å². The molecule has 0 N–H and O–H groups in total. The lowest BCUT2D eigenvalue weighted by molar-refractivity contribution is 0.112. The Bertz CT molecular complexity index is 422. The van der Waals surface area contributed by atoms with Gasteiger partial charge in [-0.15, -0.1) is 0 Å². The molecule has 1 heterocycles. The van der Waals surface area contributed by atoms with E-state index in [4.69, 9.17) is 0 Å². The van der Waals surface area contributed by atoms with Gasteiger partial charge in [0, 0.05) is 36.9 Å². The molecule has 1 atom stereocenters. The van der Waals surface area contributed by atoms with Crippen molar-refractivity contribution in [2.45, 2.75) is 13.0 Å². The van der Waals surface area contributed by atoms with Crippen LogP contribution in [0.5, 0.6) is 0 Å². The standard InChI is InChI=1S/C13H17FN2O/c1-10-8-16(6-5-15(10)2)13-4-3-12(14)7-11(13)9-17/h3-4,7,9-10H,5-6,8H2,1-2H3. The van der Waals surface area contributed by atoms with E-state index in [0.29, 0.717) is 11.6 Å². The zero-order valence-electron chi connectivity index (χ0n) is 10.2. The van der Waals surface area contributed by atoms with Crippen LogP contribution in [0, 0.1) is 5.82 Å². The van der Waals surface area contributed by atoms with Crippen molar-refractivity contribution in [1.82, 2.24) is 4.90 Å². The molecular formula is C13H17FN2O. The minimum absolute atomic E-state index is 0.363. The fourth-order valence-corrected chi connectivity index (χ4v) is 2.18. The summed E-state index contributed by atoms with van der Waals surface area (Å²) in [6, 6.07) is 4.83. The van der Waals surface area contributed by atoms with Crippen molar-refractivity contribution in [2.75, 3.05) is 31.6 Å². The number of benzene rings is 1. The SMILES string of the molecule is CC1CN(c2ccc(F)cc2C=O)CCN1C. The first kappa shape index (κ1) is 12.0. The number of rotatable bonds is 2. The summed E-state index contributed by atoms with van der Waals surface area (Å²) >= 11 is 0. The summed E-state index contributed by atoms with van der Waals surface area (Å²) in [5.41, 5.74) is 1.27. The highest BCUT2D eigenvalue weighted by molar-refractivity contribution is 5.84. The molecule has 1 saturated heterocycles. The summed E-state index contributed by atoms with van der Waals surface area (Å²) in [6.07, 6.45) is 0.724. The molecular weight excluding hydrogens is 219 g/mol. The van der Waals surface area contributed by atoms with E-state index in [-0.39, 0.29) is 5.82 Å². The van der Waals surface area contributed by atoms with Gasteiger partial charge in [-0.05, 0) is 32.2 Å². The van der Waals surface area contributed by atoms with E-state index in [1.165, 1.54) is 12.1 Å². The first-order valence-electron chi connectivity index (χ1n) is 5.81. The molecule has 92 valence electrons. The fraction of sp³-hybridized carbons (Fsp3) is 0.462. The second-order valence-corrected chi connectivity index (χ2v) is 4.60. The lowest BCUT2D eigenvalue weighted by Gasteiger charge is -2.39. The fourth-order valence-electron chi connectivity index (χ4n) is 2.18. The molecule has 0 aromatic heterocycles. The Kier molecular flexibility index (Phi) is 3.43. The Balaban J connectivity index is 2.25. The third kappa shape index (κ3) is 2.47. The second-order valence-electron chi connectivity index (χ2n) is 4.60. The summed E-state index contributed by atoms with van der Waals surface area (Å²) in [7, 11) is 2.09. The minimum Gasteiger partial charge on any atom is -0.368 e. The molecule has 0 spiro atoms. The number of hydrogen-bond donors (Lipinski definition) is 0. The van der Waals surface area contributed by atoms with Gasteiger partial charge in [-0.2, -0.15) is 0 Å². The molecule has 1 aliphatic heterocycles. The molecule has 1 aliphatic rings. The summed E-state index contributed by atoms with van der Waals surface area (Å²) in [5.74, 6) is -0.363. The van der Waals surface area contributed by atoms with E-state index in [0.717, 1.165) is 31.6 Å². The molecule has 0 aliphatic carbocycles. The average molecular weight is 236 g/mol. The quantitative estimate of drug-likeness (QED) is 0.731. The van der Waals surface area contributed by atoms with Gasteiger partial charge in [0.2, 0.25) is 0 Å². The van der Waals surface area contributed by atoms with E-state index in [1.807, 2.05) is 0 Å². The monoisotopic (exact) mass is 236 g/mol. The molecule has 0 saturated carbocycles. The first-order valence-corrected chi connectivity index (χ1v) is 5.81. The van der Waals surface area contributed by atoms with Crippen molar-refractivity contribution >= 4 is 12.0 Å². The van der Waals surface area contributed by atoms with Gasteiger partial charge in [0.05, 0.1) is 0 Å². The van der Waals surface area contributed by atoms with Crippen molar-refractivity contribution in [3.63, 3.8) is 0 Å². The van der Waals surface area contributed by atoms with E-state index in [2.05, 4.69) is 23.8 Å². The van der Waals surface area contributed by atoms with Crippen LogP contribution in [0.15, 0.2) is 18.2 Å². The van der Waals surface area contributed by atoms with Gasteiger partial charge < -0.3 is 9.80 Å². The van der Waals surface area contributed by atoms with E-state index < -0.39 is 0 Å². The molecule has 2 rings (SSSR count). The molecule has 17 heavy (non-hydrogen) atoms. The van der Waals surface area contributed by atoms with Crippen molar-refractivity contribution in [2.24, 2.45) is 0 Å². The van der Waals surface area contributed by atoms with Crippen LogP contribution in [0.2, 0.25) is 0 Å². The molecule has 3 nitrogen and oxygen atoms in total. The maximum absolute atomic E-state index is 13.1. The minimum atomic E-state index is -0.363. The van der Waals surface area contributed by atoms with Crippen molar-refractivity contribution in [3.05, 3.63) is 29.6 Å². The van der Waals surface area contributed by atoms with Crippen LogP contribution < -0.4 is 4.90 Å². The zero-order chi connectivity index (χ0) is 12.4. The van der Waals surface area contributed by atoms with Gasteiger partial charge in [-0.3, -0.25) is 4.79 Å². The Labute approximate surface area is 101 Å². The number of piperazine rings is 1. The molecule has 1 aromatic carbocycles. The summed E-state index contributed by atoms with van der Waals surface area (Å²) in [6.45, 7) is 4.84. The van der Waals surface area contributed by atoms with Gasteiger partial charge in [0.15, 0.2) is 6.29 Å². The van der Waals surface area contributed by atoms with Gasteiger partial charge in [0.1, 0.15) is 5.82 Å². The normalized spacial score (nSPS) is 21.6. The topological polar surface area (TPSA) is 23.6 Å². The van der Waals surface area contributed by atoms with E-state index >= 15 is 0 Å². The molecule has 1 unspecified atom stereocenters. The summed E-state index contributed by atoms with van der Waals surface area (Å²) in [5, 5.41) is 0. The van der Waals surface area contributed by atoms with E-state index in [1.54, 1.807) is 6.07 Å². The molecule has 4 heteroatoms. The predicted molar refractivity (Wildman–Crippen MR) is 66.1 cm³/mol. The number of likely N-dealkylation sites (N-methyl/N-ethyl adjacent to an activating group) is 1. The van der Waals surface area contributed by atoms with Crippen LogP contribution in [0.3, 0.4) is 0 Å². The van der Waals surface area contributed by atoms with Crippen molar-refractivity contribution in [3.8, 4) is 0 Å². The number of carbonyl (C=O) groups excluding carboxylic acids is 1. The highest BCUT2D eigenvalue weighted by Gasteiger charge is 2.22. The zero-order valence-corrected chi connectivity index (χ0v) is 10.2. The smallest absolute Gasteiger partial charge is 0.152 e. The lowest BCUT2D eigenvalue weighted by atomic mass is 10.1. The van der Waals surface area contributed by atoms with E-state index in [9.17, 15) is 9.18 Å². The Morgan fingerprint density at radius 1 is 1.41 bits per heavy atom. The van der Waals surface area contributed by atoms with Crippen molar-refractivity contribution < 1.29 is 9.18 Å².